The maximum absolute atomic E-state index is 12.2. The van der Waals surface area contributed by atoms with Gasteiger partial charge in [-0.25, -0.2) is 0 Å². The molecule has 1 heterocycles. The summed E-state index contributed by atoms with van der Waals surface area (Å²) < 4.78 is 5.43. The second-order valence-electron chi connectivity index (χ2n) is 5.43. The van der Waals surface area contributed by atoms with Gasteiger partial charge in [0.2, 0.25) is 0 Å². The van der Waals surface area contributed by atoms with Crippen molar-refractivity contribution in [2.24, 2.45) is 11.5 Å². The van der Waals surface area contributed by atoms with E-state index in [4.69, 9.17) is 15.9 Å². The van der Waals surface area contributed by atoms with Crippen molar-refractivity contribution in [2.75, 3.05) is 5.32 Å². The molecule has 2 aromatic rings. The molecule has 0 bridgehead atoms. The molecule has 0 atom stereocenters. The molecule has 1 aromatic heterocycles. The van der Waals surface area contributed by atoms with Gasteiger partial charge in [-0.3, -0.25) is 4.79 Å². The molecule has 0 unspecified atom stereocenters. The minimum absolute atomic E-state index is 0.187. The van der Waals surface area contributed by atoms with Gasteiger partial charge < -0.3 is 26.5 Å². The van der Waals surface area contributed by atoms with Crippen molar-refractivity contribution in [2.45, 2.75) is 20.4 Å². The number of hydrogen-bond donors (Lipinski definition) is 4. The highest BCUT2D eigenvalue weighted by Gasteiger charge is 2.07. The van der Waals surface area contributed by atoms with Crippen molar-refractivity contribution in [1.29, 1.82) is 0 Å². The quantitative estimate of drug-likeness (QED) is 0.611. The Bertz CT molecular complexity index is 771. The van der Waals surface area contributed by atoms with Gasteiger partial charge in [-0.1, -0.05) is 6.07 Å². The number of anilines is 1. The van der Waals surface area contributed by atoms with E-state index in [2.05, 4.69) is 10.6 Å². The van der Waals surface area contributed by atoms with Crippen LogP contribution in [0, 0.1) is 6.92 Å². The minimum Gasteiger partial charge on any atom is -0.465 e. The van der Waals surface area contributed by atoms with E-state index in [1.807, 2.05) is 25.1 Å². The summed E-state index contributed by atoms with van der Waals surface area (Å²) in [7, 11) is 0. The predicted molar refractivity (Wildman–Crippen MR) is 94.9 cm³/mol. The van der Waals surface area contributed by atoms with Gasteiger partial charge in [0, 0.05) is 16.9 Å². The van der Waals surface area contributed by atoms with E-state index in [9.17, 15) is 4.79 Å². The Morgan fingerprint density at radius 3 is 2.67 bits per heavy atom. The number of rotatable bonds is 6. The molecule has 24 heavy (non-hydrogen) atoms. The van der Waals surface area contributed by atoms with Crippen molar-refractivity contribution in [3.8, 4) is 0 Å². The van der Waals surface area contributed by atoms with Crippen molar-refractivity contribution < 1.29 is 9.21 Å². The Kier molecular flexibility index (Phi) is 5.68. The lowest BCUT2D eigenvalue weighted by Gasteiger charge is -2.08. The molecule has 0 saturated heterocycles. The van der Waals surface area contributed by atoms with Gasteiger partial charge >= 0.3 is 0 Å². The van der Waals surface area contributed by atoms with Crippen LogP contribution in [-0.4, -0.2) is 5.91 Å². The first-order valence-electron chi connectivity index (χ1n) is 7.54. The fraction of sp³-hybridized carbons (Fsp3) is 0.167. The van der Waals surface area contributed by atoms with Gasteiger partial charge in [-0.15, -0.1) is 0 Å². The van der Waals surface area contributed by atoms with Gasteiger partial charge in [-0.05, 0) is 56.3 Å². The first-order chi connectivity index (χ1) is 11.4. The van der Waals surface area contributed by atoms with Gasteiger partial charge in [0.1, 0.15) is 17.3 Å². The van der Waals surface area contributed by atoms with Crippen LogP contribution < -0.4 is 22.1 Å². The lowest BCUT2D eigenvalue weighted by atomic mass is 10.2. The number of amides is 1. The molecule has 1 amide bonds. The van der Waals surface area contributed by atoms with Crippen molar-refractivity contribution in [3.05, 3.63) is 77.2 Å². The smallest absolute Gasteiger partial charge is 0.251 e. The maximum atomic E-state index is 12.2. The predicted octanol–water partition coefficient (Wildman–Crippen LogP) is 2.59. The lowest BCUT2D eigenvalue weighted by Crippen LogP contribution is -2.22. The lowest BCUT2D eigenvalue weighted by molar-refractivity contribution is 0.0948. The maximum Gasteiger partial charge on any atom is 0.251 e. The van der Waals surface area contributed by atoms with E-state index in [1.165, 1.54) is 0 Å². The second kappa shape index (κ2) is 7.92. The fourth-order valence-electron chi connectivity index (χ4n) is 2.02. The van der Waals surface area contributed by atoms with E-state index < -0.39 is 0 Å². The first kappa shape index (κ1) is 17.2. The van der Waals surface area contributed by atoms with Gasteiger partial charge in [0.05, 0.1) is 6.54 Å². The highest BCUT2D eigenvalue weighted by atomic mass is 16.3. The Labute approximate surface area is 141 Å². The molecule has 0 spiro atoms. The largest absolute Gasteiger partial charge is 0.465 e. The number of carbonyl (C=O) groups is 1. The number of furan rings is 1. The summed E-state index contributed by atoms with van der Waals surface area (Å²) in [6.45, 7) is 3.97. The summed E-state index contributed by atoms with van der Waals surface area (Å²) >= 11 is 0. The van der Waals surface area contributed by atoms with Crippen molar-refractivity contribution in [3.63, 3.8) is 0 Å². The zero-order valence-electron chi connectivity index (χ0n) is 13.8. The molecule has 0 saturated carbocycles. The number of aryl methyl sites for hydroxylation is 1. The van der Waals surface area contributed by atoms with E-state index in [0.717, 1.165) is 5.76 Å². The monoisotopic (exact) mass is 326 g/mol. The van der Waals surface area contributed by atoms with E-state index >= 15 is 0 Å². The van der Waals surface area contributed by atoms with Crippen LogP contribution in [0.5, 0.6) is 0 Å². The number of allylic oxidation sites excluding steroid dienone is 3. The van der Waals surface area contributed by atoms with Gasteiger partial charge in [0.25, 0.3) is 5.91 Å². The third kappa shape index (κ3) is 5.24. The molecule has 0 fully saturated rings. The third-order valence-corrected chi connectivity index (χ3v) is 3.16. The zero-order chi connectivity index (χ0) is 17.5. The molecule has 0 aliphatic heterocycles. The summed E-state index contributed by atoms with van der Waals surface area (Å²) in [6, 6.07) is 10.8. The van der Waals surface area contributed by atoms with Crippen LogP contribution in [0.15, 0.2) is 64.5 Å². The molecule has 2 rings (SSSR count). The summed E-state index contributed by atoms with van der Waals surface area (Å²) in [5.41, 5.74) is 13.3. The Morgan fingerprint density at radius 1 is 1.21 bits per heavy atom. The standard InChI is InChI=1S/C18H22N4O2/c1-12(19)6-9-17(20)22-15-5-3-4-14(10-15)18(23)21-11-16-8-7-13(2)24-16/h3-10,22H,11,19-20H2,1-2H3,(H,21,23)/b12-6-,17-9+. The van der Waals surface area contributed by atoms with E-state index in [-0.39, 0.29) is 5.91 Å². The van der Waals surface area contributed by atoms with Crippen molar-refractivity contribution in [1.82, 2.24) is 5.32 Å². The van der Waals surface area contributed by atoms with E-state index in [1.54, 1.807) is 37.3 Å². The molecular formula is C18H22N4O2. The van der Waals surface area contributed by atoms with Crippen LogP contribution in [0.3, 0.4) is 0 Å². The number of nitrogens with two attached hydrogens (primary N) is 2. The topological polar surface area (TPSA) is 106 Å². The van der Waals surface area contributed by atoms with E-state index in [0.29, 0.717) is 35.1 Å². The number of hydrogen-bond acceptors (Lipinski definition) is 5. The molecule has 0 radical (unpaired) electrons. The Balaban J connectivity index is 1.99. The molecular weight excluding hydrogens is 304 g/mol. The molecule has 6 N–H and O–H groups in total. The highest BCUT2D eigenvalue weighted by molar-refractivity contribution is 5.95. The van der Waals surface area contributed by atoms with Crippen molar-refractivity contribution >= 4 is 11.6 Å². The normalized spacial score (nSPS) is 12.1. The number of carbonyl (C=O) groups excluding carboxylic acids is 1. The fourth-order valence-corrected chi connectivity index (χ4v) is 2.02. The van der Waals surface area contributed by atoms with Crippen LogP contribution >= 0.6 is 0 Å². The van der Waals surface area contributed by atoms with Gasteiger partial charge in [0.15, 0.2) is 0 Å². The second-order valence-corrected chi connectivity index (χ2v) is 5.43. The summed E-state index contributed by atoms with van der Waals surface area (Å²) in [5, 5.41) is 5.83. The van der Waals surface area contributed by atoms with Crippen LogP contribution in [0.1, 0.15) is 28.8 Å². The van der Waals surface area contributed by atoms with Crippen LogP contribution in [0.2, 0.25) is 0 Å². The SMILES string of the molecule is C/C(N)=C/C=C(\N)Nc1cccc(C(=O)NCc2ccc(C)o2)c1. The Hall–Kier alpha value is -3.15. The number of benzene rings is 1. The molecule has 6 heteroatoms. The summed E-state index contributed by atoms with van der Waals surface area (Å²) in [5.74, 6) is 1.78. The molecule has 6 nitrogen and oxygen atoms in total. The minimum atomic E-state index is -0.187. The first-order valence-corrected chi connectivity index (χ1v) is 7.54. The molecule has 1 aromatic carbocycles. The van der Waals surface area contributed by atoms with Crippen LogP contribution in [0.25, 0.3) is 0 Å². The Morgan fingerprint density at radius 2 is 2.00 bits per heavy atom. The van der Waals surface area contributed by atoms with Crippen LogP contribution in [-0.2, 0) is 6.54 Å². The zero-order valence-corrected chi connectivity index (χ0v) is 13.8. The number of nitrogens with one attached hydrogen (secondary N) is 2. The summed E-state index contributed by atoms with van der Waals surface area (Å²) in [4.78, 5) is 12.2. The van der Waals surface area contributed by atoms with Gasteiger partial charge in [-0.2, -0.15) is 0 Å². The molecule has 126 valence electrons. The molecule has 0 aliphatic carbocycles. The average Bonchev–Trinajstić information content (AvgIpc) is 2.96. The molecule has 0 aliphatic rings. The highest BCUT2D eigenvalue weighted by Crippen LogP contribution is 2.12. The third-order valence-electron chi connectivity index (χ3n) is 3.16. The average molecular weight is 326 g/mol. The van der Waals surface area contributed by atoms with Crippen LogP contribution in [0.4, 0.5) is 5.69 Å². The summed E-state index contributed by atoms with van der Waals surface area (Å²) in [6.07, 6.45) is 3.37.